The van der Waals surface area contributed by atoms with Crippen molar-refractivity contribution < 1.29 is 0 Å². The van der Waals surface area contributed by atoms with E-state index in [1.54, 1.807) is 0 Å². The molecule has 1 aliphatic rings. The molecule has 0 aliphatic carbocycles. The minimum atomic E-state index is 0.455. The molecule has 5 nitrogen and oxygen atoms in total. The predicted molar refractivity (Wildman–Crippen MR) is 102 cm³/mol. The largest absolute Gasteiger partial charge is 0.367 e. The number of nitrogens with one attached hydrogen (secondary N) is 1. The van der Waals surface area contributed by atoms with Crippen LogP contribution in [0.25, 0.3) is 5.65 Å². The zero-order valence-corrected chi connectivity index (χ0v) is 15.6. The zero-order chi connectivity index (χ0) is 16.4. The third-order valence-corrected chi connectivity index (χ3v) is 6.03. The molecule has 0 amide bonds. The van der Waals surface area contributed by atoms with Gasteiger partial charge in [0.1, 0.15) is 0 Å². The smallest absolute Gasteiger partial charge is 0.203 e. The molecular formula is C17H18BrN5S. The number of rotatable bonds is 5. The topological polar surface area (TPSA) is 55.1 Å². The van der Waals surface area contributed by atoms with Gasteiger partial charge in [0.15, 0.2) is 11.6 Å². The normalized spacial score (nSPS) is 17.5. The van der Waals surface area contributed by atoms with Crippen molar-refractivity contribution in [1.82, 2.24) is 19.6 Å². The van der Waals surface area contributed by atoms with Crippen molar-refractivity contribution in [3.8, 4) is 0 Å². The summed E-state index contributed by atoms with van der Waals surface area (Å²) >= 11 is 5.48. The molecule has 0 bridgehead atoms. The van der Waals surface area contributed by atoms with E-state index in [4.69, 9.17) is 0 Å². The predicted octanol–water partition coefficient (Wildman–Crippen LogP) is 4.11. The molecule has 1 saturated heterocycles. The number of hydrogen-bond acceptors (Lipinski definition) is 5. The highest BCUT2D eigenvalue weighted by molar-refractivity contribution is 9.10. The van der Waals surface area contributed by atoms with Crippen molar-refractivity contribution in [2.75, 3.05) is 17.6 Å². The maximum atomic E-state index is 4.45. The fourth-order valence-electron chi connectivity index (χ4n) is 2.99. The summed E-state index contributed by atoms with van der Waals surface area (Å²) in [6.45, 7) is 0.809. The minimum Gasteiger partial charge on any atom is -0.367 e. The number of hydrogen-bond donors (Lipinski definition) is 1. The lowest BCUT2D eigenvalue weighted by Gasteiger charge is -2.09. The highest BCUT2D eigenvalue weighted by atomic mass is 79.9. The van der Waals surface area contributed by atoms with Crippen LogP contribution in [0.3, 0.4) is 0 Å². The average Bonchev–Trinajstić information content (AvgIpc) is 3.24. The van der Waals surface area contributed by atoms with Crippen LogP contribution in [0.5, 0.6) is 0 Å². The highest BCUT2D eigenvalue weighted by Crippen LogP contribution is 2.39. The molecule has 0 saturated carbocycles. The van der Waals surface area contributed by atoms with Crippen molar-refractivity contribution in [2.24, 2.45) is 0 Å². The molecule has 7 heteroatoms. The number of fused-ring (bicyclic) bond motifs is 1. The fraction of sp³-hybridized carbons (Fsp3) is 0.353. The molecule has 2 aromatic heterocycles. The van der Waals surface area contributed by atoms with Crippen molar-refractivity contribution in [2.45, 2.75) is 24.5 Å². The molecule has 4 rings (SSSR count). The van der Waals surface area contributed by atoms with E-state index in [0.717, 1.165) is 34.7 Å². The molecule has 0 unspecified atom stereocenters. The number of benzene rings is 1. The summed E-state index contributed by atoms with van der Waals surface area (Å²) in [6, 6.07) is 8.37. The van der Waals surface area contributed by atoms with Gasteiger partial charge in [-0.1, -0.05) is 28.1 Å². The Kier molecular flexibility index (Phi) is 4.71. The van der Waals surface area contributed by atoms with Crippen LogP contribution in [0.2, 0.25) is 0 Å². The molecule has 1 aliphatic heterocycles. The summed E-state index contributed by atoms with van der Waals surface area (Å²) in [4.78, 5) is 4.45. The third kappa shape index (κ3) is 3.28. The first kappa shape index (κ1) is 15.9. The van der Waals surface area contributed by atoms with E-state index in [1.807, 2.05) is 30.2 Å². The lowest BCUT2D eigenvalue weighted by Crippen LogP contribution is -2.08. The van der Waals surface area contributed by atoms with Crippen LogP contribution in [0.4, 0.5) is 5.82 Å². The molecule has 24 heavy (non-hydrogen) atoms. The van der Waals surface area contributed by atoms with Gasteiger partial charge in [-0.3, -0.25) is 4.40 Å². The first-order valence-electron chi connectivity index (χ1n) is 8.11. The van der Waals surface area contributed by atoms with Crippen molar-refractivity contribution in [3.63, 3.8) is 0 Å². The van der Waals surface area contributed by atoms with E-state index in [-0.39, 0.29) is 0 Å². The van der Waals surface area contributed by atoms with Gasteiger partial charge in [0.05, 0.1) is 5.25 Å². The van der Waals surface area contributed by atoms with E-state index in [2.05, 4.69) is 59.0 Å². The van der Waals surface area contributed by atoms with Crippen LogP contribution in [0.1, 0.15) is 29.5 Å². The molecular weight excluding hydrogens is 386 g/mol. The van der Waals surface area contributed by atoms with Gasteiger partial charge >= 0.3 is 0 Å². The molecule has 3 heterocycles. The van der Waals surface area contributed by atoms with Crippen LogP contribution >= 0.6 is 27.7 Å². The van der Waals surface area contributed by atoms with Crippen molar-refractivity contribution in [1.29, 1.82) is 0 Å². The Morgan fingerprint density at radius 2 is 2.29 bits per heavy atom. The molecule has 3 aromatic rings. The van der Waals surface area contributed by atoms with Crippen molar-refractivity contribution >= 4 is 39.2 Å². The second kappa shape index (κ2) is 7.11. The maximum Gasteiger partial charge on any atom is 0.203 e. The number of halogens is 1. The average molecular weight is 404 g/mol. The second-order valence-electron chi connectivity index (χ2n) is 5.84. The number of thioether (sulfide) groups is 1. The Hall–Kier alpha value is -1.60. The van der Waals surface area contributed by atoms with Gasteiger partial charge in [0, 0.05) is 23.4 Å². The number of anilines is 1. The van der Waals surface area contributed by atoms with Crippen LogP contribution in [-0.2, 0) is 6.42 Å². The summed E-state index contributed by atoms with van der Waals surface area (Å²) in [5.74, 6) is 3.06. The van der Waals surface area contributed by atoms with Crippen LogP contribution in [0, 0.1) is 0 Å². The second-order valence-corrected chi connectivity index (χ2v) is 8.06. The maximum absolute atomic E-state index is 4.45. The lowest BCUT2D eigenvalue weighted by atomic mass is 10.1. The Balaban J connectivity index is 1.50. The van der Waals surface area contributed by atoms with Gasteiger partial charge in [-0.15, -0.1) is 10.2 Å². The van der Waals surface area contributed by atoms with Gasteiger partial charge in [0.2, 0.25) is 5.65 Å². The SMILES string of the molecule is Brc1cccc(CCNc2nccn3c([C@@H]4CCCS4)nnc23)c1. The van der Waals surface area contributed by atoms with E-state index in [0.29, 0.717) is 5.25 Å². The van der Waals surface area contributed by atoms with Crippen LogP contribution < -0.4 is 5.32 Å². The van der Waals surface area contributed by atoms with Crippen LogP contribution in [-0.4, -0.2) is 31.9 Å². The highest BCUT2D eigenvalue weighted by Gasteiger charge is 2.23. The lowest BCUT2D eigenvalue weighted by molar-refractivity contribution is 0.765. The molecule has 1 fully saturated rings. The monoisotopic (exact) mass is 403 g/mol. The molecule has 1 N–H and O–H groups in total. The van der Waals surface area contributed by atoms with Gasteiger partial charge in [-0.25, -0.2) is 4.98 Å². The summed E-state index contributed by atoms with van der Waals surface area (Å²) in [5, 5.41) is 12.7. The minimum absolute atomic E-state index is 0.455. The van der Waals surface area contributed by atoms with E-state index in [9.17, 15) is 0 Å². The van der Waals surface area contributed by atoms with E-state index >= 15 is 0 Å². The standard InChI is InChI=1S/C17H18BrN5S/c18-13-4-1-3-12(11-13)6-7-19-15-17-22-21-16(14-5-2-10-24-14)23(17)9-8-20-15/h1,3-4,8-9,11,14H,2,5-7,10H2,(H,19,20)/t14-/m0/s1. The van der Waals surface area contributed by atoms with Gasteiger partial charge in [-0.2, -0.15) is 11.8 Å². The molecule has 0 spiro atoms. The van der Waals surface area contributed by atoms with E-state index < -0.39 is 0 Å². The summed E-state index contributed by atoms with van der Waals surface area (Å²) < 4.78 is 3.19. The summed E-state index contributed by atoms with van der Waals surface area (Å²) in [6.07, 6.45) is 7.15. The summed E-state index contributed by atoms with van der Waals surface area (Å²) in [7, 11) is 0. The van der Waals surface area contributed by atoms with Gasteiger partial charge < -0.3 is 5.32 Å². The number of aromatic nitrogens is 4. The van der Waals surface area contributed by atoms with Crippen LogP contribution in [0.15, 0.2) is 41.1 Å². The Labute approximate surface area is 153 Å². The van der Waals surface area contributed by atoms with Gasteiger partial charge in [-0.05, 0) is 42.7 Å². The van der Waals surface area contributed by atoms with Gasteiger partial charge in [0.25, 0.3) is 0 Å². The molecule has 124 valence electrons. The van der Waals surface area contributed by atoms with Crippen molar-refractivity contribution in [3.05, 3.63) is 52.5 Å². The quantitative estimate of drug-likeness (QED) is 0.694. The Morgan fingerprint density at radius 1 is 1.33 bits per heavy atom. The first-order chi connectivity index (χ1) is 11.8. The summed E-state index contributed by atoms with van der Waals surface area (Å²) in [5.41, 5.74) is 2.10. The Morgan fingerprint density at radius 3 is 3.12 bits per heavy atom. The molecule has 1 atom stereocenters. The molecule has 1 aromatic carbocycles. The molecule has 0 radical (unpaired) electrons. The Bertz CT molecular complexity index is 844. The van der Waals surface area contributed by atoms with E-state index in [1.165, 1.54) is 24.2 Å². The number of nitrogens with zero attached hydrogens (tertiary/aromatic N) is 4. The fourth-order valence-corrected chi connectivity index (χ4v) is 4.69. The zero-order valence-electron chi connectivity index (χ0n) is 13.2. The third-order valence-electron chi connectivity index (χ3n) is 4.17. The first-order valence-corrected chi connectivity index (χ1v) is 9.95.